The predicted molar refractivity (Wildman–Crippen MR) is 100 cm³/mol. The van der Waals surface area contributed by atoms with Crippen LogP contribution in [0.2, 0.25) is 5.02 Å². The number of hydrogen-bond donors (Lipinski definition) is 1. The van der Waals surface area contributed by atoms with Crippen molar-refractivity contribution in [1.29, 1.82) is 0 Å². The maximum absolute atomic E-state index is 12.7. The lowest BCUT2D eigenvalue weighted by Crippen LogP contribution is -2.28. The predicted octanol–water partition coefficient (Wildman–Crippen LogP) is 5.18. The normalized spacial score (nSPS) is 11.0. The molecule has 1 amide bonds. The zero-order valence-electron chi connectivity index (χ0n) is 15.5. The molecule has 0 saturated heterocycles. The lowest BCUT2D eigenvalue weighted by atomic mass is 10.2. The maximum atomic E-state index is 12.7. The van der Waals surface area contributed by atoms with Gasteiger partial charge in [0.2, 0.25) is 5.75 Å². The molecule has 0 aliphatic carbocycles. The molecule has 0 aliphatic heterocycles. The summed E-state index contributed by atoms with van der Waals surface area (Å²) in [6.45, 7) is 1.73. The average Bonchev–Trinajstić information content (AvgIpc) is 2.66. The molecule has 2 aromatic rings. The number of carbonyl (C=O) groups excluding carboxylic acids is 1. The second kappa shape index (κ2) is 10.0. The summed E-state index contributed by atoms with van der Waals surface area (Å²) < 4.78 is 53.6. The van der Waals surface area contributed by atoms with Crippen LogP contribution in [-0.2, 0) is 10.9 Å². The molecule has 0 spiro atoms. The second-order valence-corrected chi connectivity index (χ2v) is 6.03. The lowest BCUT2D eigenvalue weighted by Gasteiger charge is -2.12. The van der Waals surface area contributed by atoms with Gasteiger partial charge in [0.15, 0.2) is 0 Å². The van der Waals surface area contributed by atoms with E-state index in [1.807, 2.05) is 0 Å². The molecule has 162 valence electrons. The van der Waals surface area contributed by atoms with Crippen LogP contribution in [0.4, 0.5) is 23.7 Å². The summed E-state index contributed by atoms with van der Waals surface area (Å²) in [5.41, 5.74) is -1.31. The third kappa shape index (κ3) is 6.41. The Balaban J connectivity index is 2.13. The quantitative estimate of drug-likeness (QED) is 0.339. The van der Waals surface area contributed by atoms with E-state index < -0.39 is 22.8 Å². The second-order valence-electron chi connectivity index (χ2n) is 5.63. The van der Waals surface area contributed by atoms with Crippen LogP contribution in [0.15, 0.2) is 36.4 Å². The Morgan fingerprint density at radius 3 is 2.53 bits per heavy atom. The molecule has 0 fully saturated rings. The Hall–Kier alpha value is -3.21. The number of nitro groups is 1. The minimum Gasteiger partial charge on any atom is -0.485 e. The number of benzene rings is 2. The third-order valence-electron chi connectivity index (χ3n) is 3.52. The first-order valence-electron chi connectivity index (χ1n) is 8.48. The summed E-state index contributed by atoms with van der Waals surface area (Å²) >= 11 is 5.85. The van der Waals surface area contributed by atoms with Crippen molar-refractivity contribution in [3.8, 4) is 17.2 Å². The van der Waals surface area contributed by atoms with Gasteiger partial charge >= 0.3 is 18.0 Å². The molecule has 0 saturated carbocycles. The van der Waals surface area contributed by atoms with Crippen LogP contribution in [-0.4, -0.2) is 30.8 Å². The summed E-state index contributed by atoms with van der Waals surface area (Å²) in [4.78, 5) is 21.7. The zero-order chi connectivity index (χ0) is 22.3. The van der Waals surface area contributed by atoms with E-state index in [4.69, 9.17) is 21.1 Å². The highest BCUT2D eigenvalue weighted by molar-refractivity contribution is 6.32. The summed E-state index contributed by atoms with van der Waals surface area (Å²) in [5.74, 6) is -0.185. The van der Waals surface area contributed by atoms with Crippen molar-refractivity contribution in [2.75, 3.05) is 19.8 Å². The van der Waals surface area contributed by atoms with Crippen LogP contribution in [0.1, 0.15) is 12.5 Å². The van der Waals surface area contributed by atoms with Gasteiger partial charge in [-0.15, -0.1) is 0 Å². The molecular weight excluding hydrogens is 433 g/mol. The van der Waals surface area contributed by atoms with Gasteiger partial charge in [-0.25, -0.2) is 4.79 Å². The number of nitrogens with one attached hydrogen (secondary N) is 1. The van der Waals surface area contributed by atoms with E-state index in [-0.39, 0.29) is 47.7 Å². The Morgan fingerprint density at radius 2 is 1.93 bits per heavy atom. The van der Waals surface area contributed by atoms with Crippen LogP contribution >= 0.6 is 11.6 Å². The van der Waals surface area contributed by atoms with Crippen molar-refractivity contribution < 1.29 is 37.1 Å². The van der Waals surface area contributed by atoms with E-state index in [2.05, 4.69) is 10.1 Å². The molecule has 12 heteroatoms. The van der Waals surface area contributed by atoms with E-state index >= 15 is 0 Å². The molecule has 0 aromatic heterocycles. The van der Waals surface area contributed by atoms with Crippen molar-refractivity contribution in [3.63, 3.8) is 0 Å². The molecule has 0 unspecified atom stereocenters. The summed E-state index contributed by atoms with van der Waals surface area (Å²) in [6.07, 6.45) is -5.22. The first-order valence-corrected chi connectivity index (χ1v) is 8.86. The van der Waals surface area contributed by atoms with Crippen molar-refractivity contribution in [1.82, 2.24) is 5.32 Å². The minimum atomic E-state index is -4.56. The molecule has 0 bridgehead atoms. The summed E-state index contributed by atoms with van der Waals surface area (Å²) in [7, 11) is 0. The topological polar surface area (TPSA) is 99.9 Å². The molecule has 30 heavy (non-hydrogen) atoms. The van der Waals surface area contributed by atoms with Gasteiger partial charge in [-0.05, 0) is 31.2 Å². The van der Waals surface area contributed by atoms with Crippen LogP contribution in [0.5, 0.6) is 17.2 Å². The maximum Gasteiger partial charge on any atom is 0.416 e. The molecule has 2 rings (SSSR count). The van der Waals surface area contributed by atoms with E-state index in [1.165, 1.54) is 12.1 Å². The molecule has 0 atom stereocenters. The van der Waals surface area contributed by atoms with E-state index in [0.717, 1.165) is 18.2 Å². The van der Waals surface area contributed by atoms with E-state index in [9.17, 15) is 28.1 Å². The van der Waals surface area contributed by atoms with Gasteiger partial charge in [0, 0.05) is 12.1 Å². The highest BCUT2D eigenvalue weighted by Crippen LogP contribution is 2.38. The summed E-state index contributed by atoms with van der Waals surface area (Å²) in [6, 6.07) is 6.09. The van der Waals surface area contributed by atoms with Crippen LogP contribution in [0.3, 0.4) is 0 Å². The fraction of sp³-hybridized carbons (Fsp3) is 0.278. The van der Waals surface area contributed by atoms with Gasteiger partial charge in [-0.2, -0.15) is 13.2 Å². The van der Waals surface area contributed by atoms with Gasteiger partial charge in [0.05, 0.1) is 28.7 Å². The minimum absolute atomic E-state index is 0.0196. The SMILES string of the molecule is CCOC(=O)NCCOc1cc(Oc2ccc(C(F)(F)F)cc2Cl)ccc1[N+](=O)[O-]. The highest BCUT2D eigenvalue weighted by Gasteiger charge is 2.31. The molecule has 1 N–H and O–H groups in total. The van der Waals surface area contributed by atoms with Crippen molar-refractivity contribution in [3.05, 3.63) is 57.1 Å². The lowest BCUT2D eigenvalue weighted by molar-refractivity contribution is -0.385. The molecule has 0 heterocycles. The first kappa shape index (κ1) is 23.1. The Labute approximate surface area is 173 Å². The number of ether oxygens (including phenoxy) is 3. The number of nitro benzene ring substituents is 1. The van der Waals surface area contributed by atoms with Crippen molar-refractivity contribution in [2.45, 2.75) is 13.1 Å². The Bertz CT molecular complexity index is 923. The van der Waals surface area contributed by atoms with Crippen molar-refractivity contribution >= 4 is 23.4 Å². The van der Waals surface area contributed by atoms with Gasteiger partial charge in [0.1, 0.15) is 18.1 Å². The van der Waals surface area contributed by atoms with Gasteiger partial charge in [-0.3, -0.25) is 10.1 Å². The monoisotopic (exact) mass is 448 g/mol. The smallest absolute Gasteiger partial charge is 0.416 e. The van der Waals surface area contributed by atoms with Crippen LogP contribution in [0, 0.1) is 10.1 Å². The van der Waals surface area contributed by atoms with Gasteiger partial charge < -0.3 is 19.5 Å². The van der Waals surface area contributed by atoms with E-state index in [0.29, 0.717) is 6.07 Å². The fourth-order valence-electron chi connectivity index (χ4n) is 2.21. The zero-order valence-corrected chi connectivity index (χ0v) is 16.2. The number of carbonyl (C=O) groups is 1. The average molecular weight is 449 g/mol. The number of alkyl carbamates (subject to hydrolysis) is 1. The number of amides is 1. The third-order valence-corrected chi connectivity index (χ3v) is 3.81. The van der Waals surface area contributed by atoms with E-state index in [1.54, 1.807) is 6.92 Å². The molecular formula is C18H16ClF3N2O6. The van der Waals surface area contributed by atoms with Gasteiger partial charge in [-0.1, -0.05) is 11.6 Å². The summed E-state index contributed by atoms with van der Waals surface area (Å²) in [5, 5.41) is 13.3. The molecule has 0 aliphatic rings. The Morgan fingerprint density at radius 1 is 1.20 bits per heavy atom. The number of rotatable bonds is 8. The number of hydrogen-bond acceptors (Lipinski definition) is 6. The fourth-order valence-corrected chi connectivity index (χ4v) is 2.43. The number of nitrogens with zero attached hydrogens (tertiary/aromatic N) is 1. The first-order chi connectivity index (χ1) is 14.1. The Kier molecular flexibility index (Phi) is 7.70. The largest absolute Gasteiger partial charge is 0.485 e. The van der Waals surface area contributed by atoms with Gasteiger partial charge in [0.25, 0.3) is 0 Å². The highest BCUT2D eigenvalue weighted by atomic mass is 35.5. The van der Waals surface area contributed by atoms with Crippen LogP contribution in [0.25, 0.3) is 0 Å². The molecule has 2 aromatic carbocycles. The standard InChI is InChI=1S/C18H16ClF3N2O6/c1-2-28-17(25)23-7-8-29-16-10-12(4-5-14(16)24(26)27)30-15-6-3-11(9-13(15)19)18(20,21)22/h3-6,9-10H,2,7-8H2,1H3,(H,23,25). The molecule has 0 radical (unpaired) electrons. The van der Waals surface area contributed by atoms with Crippen molar-refractivity contribution in [2.24, 2.45) is 0 Å². The molecule has 8 nitrogen and oxygen atoms in total. The van der Waals surface area contributed by atoms with Crippen LogP contribution < -0.4 is 14.8 Å². The number of alkyl halides is 3. The number of halogens is 4.